The molecule has 33 heavy (non-hydrogen) atoms. The second-order valence-corrected chi connectivity index (χ2v) is 9.61. The number of halogens is 4. The van der Waals surface area contributed by atoms with E-state index in [9.17, 15) is 9.18 Å². The van der Waals surface area contributed by atoms with Crippen LogP contribution in [0.5, 0.6) is 0 Å². The highest BCUT2D eigenvalue weighted by Crippen LogP contribution is 2.34. The van der Waals surface area contributed by atoms with Crippen molar-refractivity contribution in [2.24, 2.45) is 7.05 Å². The first-order valence-corrected chi connectivity index (χ1v) is 11.9. The van der Waals surface area contributed by atoms with E-state index >= 15 is 0 Å². The molecule has 0 fully saturated rings. The van der Waals surface area contributed by atoms with E-state index in [1.165, 1.54) is 23.9 Å². The normalized spacial score (nSPS) is 11.2. The molecule has 0 aliphatic carbocycles. The Kier molecular flexibility index (Phi) is 6.86. The molecular formula is C23H18Cl3FN4OS. The van der Waals surface area contributed by atoms with Crippen LogP contribution in [0.2, 0.25) is 15.1 Å². The number of aromatic nitrogens is 4. The fraction of sp³-hybridized carbons (Fsp3) is 0.174. The molecule has 0 aliphatic rings. The van der Waals surface area contributed by atoms with Crippen LogP contribution in [0.15, 0.2) is 47.6 Å². The van der Waals surface area contributed by atoms with Crippen LogP contribution >= 0.6 is 46.6 Å². The predicted octanol–water partition coefficient (Wildman–Crippen LogP) is 6.96. The van der Waals surface area contributed by atoms with Gasteiger partial charge in [0.15, 0.2) is 16.8 Å². The number of rotatable bonds is 6. The quantitative estimate of drug-likeness (QED) is 0.202. The van der Waals surface area contributed by atoms with Crippen molar-refractivity contribution in [3.8, 4) is 17.1 Å². The Bertz CT molecular complexity index is 1380. The summed E-state index contributed by atoms with van der Waals surface area (Å²) < 4.78 is 17.5. The summed E-state index contributed by atoms with van der Waals surface area (Å²) in [6.45, 7) is 3.86. The second kappa shape index (κ2) is 9.50. The molecule has 170 valence electrons. The van der Waals surface area contributed by atoms with E-state index in [-0.39, 0.29) is 16.6 Å². The lowest BCUT2D eigenvalue weighted by atomic mass is 10.2. The van der Waals surface area contributed by atoms with Gasteiger partial charge in [-0.05, 0) is 56.3 Å². The maximum absolute atomic E-state index is 13.8. The van der Waals surface area contributed by atoms with E-state index in [1.54, 1.807) is 28.8 Å². The second-order valence-electron chi connectivity index (χ2n) is 7.42. The Labute approximate surface area is 209 Å². The van der Waals surface area contributed by atoms with E-state index in [0.29, 0.717) is 37.8 Å². The number of carbonyl (C=O) groups excluding carboxylic acids is 1. The molecule has 0 bridgehead atoms. The highest BCUT2D eigenvalue weighted by Gasteiger charge is 2.21. The lowest BCUT2D eigenvalue weighted by Crippen LogP contribution is -2.06. The van der Waals surface area contributed by atoms with Gasteiger partial charge in [-0.3, -0.25) is 9.36 Å². The Morgan fingerprint density at radius 3 is 2.42 bits per heavy atom. The zero-order valence-electron chi connectivity index (χ0n) is 17.9. The summed E-state index contributed by atoms with van der Waals surface area (Å²) in [4.78, 5) is 12.9. The van der Waals surface area contributed by atoms with Gasteiger partial charge in [-0.15, -0.1) is 10.2 Å². The molecule has 0 unspecified atom stereocenters. The summed E-state index contributed by atoms with van der Waals surface area (Å²) in [6.07, 6.45) is 0. The van der Waals surface area contributed by atoms with E-state index in [0.717, 1.165) is 11.4 Å². The van der Waals surface area contributed by atoms with Crippen LogP contribution in [0.3, 0.4) is 0 Å². The van der Waals surface area contributed by atoms with Crippen LogP contribution in [0, 0.1) is 19.7 Å². The van der Waals surface area contributed by atoms with Gasteiger partial charge in [0, 0.05) is 34.6 Å². The number of aryl methyl sites for hydroxylation is 1. The van der Waals surface area contributed by atoms with Crippen molar-refractivity contribution in [3.63, 3.8) is 0 Å². The number of carbonyl (C=O) groups is 1. The Morgan fingerprint density at radius 2 is 1.79 bits per heavy atom. The number of benzene rings is 2. The Balaban J connectivity index is 1.75. The van der Waals surface area contributed by atoms with E-state index in [1.807, 2.05) is 31.5 Å². The molecule has 2 aromatic carbocycles. The highest BCUT2D eigenvalue weighted by atomic mass is 35.5. The minimum absolute atomic E-state index is 0.0287. The van der Waals surface area contributed by atoms with Crippen molar-refractivity contribution >= 4 is 52.3 Å². The number of nitrogens with zero attached hydrogens (tertiary/aromatic N) is 4. The fourth-order valence-corrected chi connectivity index (χ4v) is 4.91. The van der Waals surface area contributed by atoms with Gasteiger partial charge in [0.1, 0.15) is 5.82 Å². The molecule has 0 aliphatic heterocycles. The average molecular weight is 524 g/mol. The fourth-order valence-electron chi connectivity index (χ4n) is 3.41. The summed E-state index contributed by atoms with van der Waals surface area (Å²) >= 11 is 19.7. The zero-order valence-corrected chi connectivity index (χ0v) is 21.0. The smallest absolute Gasteiger partial charge is 0.196 e. The van der Waals surface area contributed by atoms with Gasteiger partial charge in [-0.2, -0.15) is 0 Å². The summed E-state index contributed by atoms with van der Waals surface area (Å²) in [7, 11) is 1.92. The maximum Gasteiger partial charge on any atom is 0.196 e. The van der Waals surface area contributed by atoms with Gasteiger partial charge in [0.05, 0.1) is 21.5 Å². The van der Waals surface area contributed by atoms with E-state index < -0.39 is 5.82 Å². The van der Waals surface area contributed by atoms with Crippen LogP contribution in [0.25, 0.3) is 17.1 Å². The minimum atomic E-state index is -0.543. The SMILES string of the molecule is Cc1cc(C(=O)CSc2nnc(-c3ccc(Cl)cc3Cl)n2-c2ccc(F)c(Cl)c2)c(C)n1C. The first kappa shape index (κ1) is 23.8. The number of hydrogen-bond acceptors (Lipinski definition) is 4. The van der Waals surface area contributed by atoms with Crippen molar-refractivity contribution in [1.29, 1.82) is 0 Å². The molecule has 0 saturated heterocycles. The highest BCUT2D eigenvalue weighted by molar-refractivity contribution is 7.99. The third-order valence-corrected chi connectivity index (χ3v) is 7.14. The molecule has 0 atom stereocenters. The summed E-state index contributed by atoms with van der Waals surface area (Å²) in [6, 6.07) is 11.2. The minimum Gasteiger partial charge on any atom is -0.351 e. The summed E-state index contributed by atoms with van der Waals surface area (Å²) in [5, 5.41) is 9.85. The van der Waals surface area contributed by atoms with Gasteiger partial charge in [-0.1, -0.05) is 46.6 Å². The van der Waals surface area contributed by atoms with Crippen LogP contribution in [0.1, 0.15) is 21.7 Å². The maximum atomic E-state index is 13.8. The molecular weight excluding hydrogens is 506 g/mol. The molecule has 0 radical (unpaired) electrons. The number of thioether (sulfide) groups is 1. The van der Waals surface area contributed by atoms with E-state index in [2.05, 4.69) is 10.2 Å². The number of Topliss-reactive ketones (excluding diaryl/α,β-unsaturated/α-hetero) is 1. The van der Waals surface area contributed by atoms with Crippen molar-refractivity contribution in [3.05, 3.63) is 80.3 Å². The molecule has 5 nitrogen and oxygen atoms in total. The molecule has 4 rings (SSSR count). The number of hydrogen-bond donors (Lipinski definition) is 0. The lowest BCUT2D eigenvalue weighted by molar-refractivity contribution is 0.102. The standard InChI is InChI=1S/C23H18Cl3FN4OS/c1-12-8-17(13(2)30(12)3)21(32)11-33-23-29-28-22(16-6-4-14(24)9-18(16)25)31(23)15-5-7-20(27)19(26)10-15/h4-10H,11H2,1-3H3. The lowest BCUT2D eigenvalue weighted by Gasteiger charge is -2.12. The predicted molar refractivity (Wildman–Crippen MR) is 132 cm³/mol. The first-order chi connectivity index (χ1) is 15.7. The van der Waals surface area contributed by atoms with Crippen LogP contribution in [-0.2, 0) is 7.05 Å². The largest absolute Gasteiger partial charge is 0.351 e. The van der Waals surface area contributed by atoms with Crippen LogP contribution < -0.4 is 0 Å². The van der Waals surface area contributed by atoms with Gasteiger partial charge in [-0.25, -0.2) is 4.39 Å². The van der Waals surface area contributed by atoms with Gasteiger partial charge >= 0.3 is 0 Å². The first-order valence-electron chi connectivity index (χ1n) is 9.82. The third-order valence-electron chi connectivity index (χ3n) is 5.37. The average Bonchev–Trinajstić information content (AvgIpc) is 3.30. The molecule has 2 heterocycles. The molecule has 2 aromatic heterocycles. The molecule has 0 spiro atoms. The third kappa shape index (κ3) is 4.68. The zero-order chi connectivity index (χ0) is 23.9. The Morgan fingerprint density at radius 1 is 1.03 bits per heavy atom. The topological polar surface area (TPSA) is 52.7 Å². The van der Waals surface area contributed by atoms with E-state index in [4.69, 9.17) is 34.8 Å². The number of ketones is 1. The Hall–Kier alpha value is -2.32. The van der Waals surface area contributed by atoms with Gasteiger partial charge < -0.3 is 4.57 Å². The molecule has 0 N–H and O–H groups in total. The van der Waals surface area contributed by atoms with Crippen LogP contribution in [0.4, 0.5) is 4.39 Å². The summed E-state index contributed by atoms with van der Waals surface area (Å²) in [5.41, 5.74) is 3.69. The summed E-state index contributed by atoms with van der Waals surface area (Å²) in [5.74, 6) is -0.00929. The van der Waals surface area contributed by atoms with Crippen LogP contribution in [-0.4, -0.2) is 30.9 Å². The van der Waals surface area contributed by atoms with Crippen molar-refractivity contribution in [2.75, 3.05) is 5.75 Å². The molecule has 0 saturated carbocycles. The van der Waals surface area contributed by atoms with Crippen molar-refractivity contribution in [1.82, 2.24) is 19.3 Å². The van der Waals surface area contributed by atoms with Crippen molar-refractivity contribution < 1.29 is 9.18 Å². The molecule has 4 aromatic rings. The monoisotopic (exact) mass is 522 g/mol. The molecule has 10 heteroatoms. The molecule has 0 amide bonds. The van der Waals surface area contributed by atoms with Crippen molar-refractivity contribution in [2.45, 2.75) is 19.0 Å². The van der Waals surface area contributed by atoms with Gasteiger partial charge in [0.25, 0.3) is 0 Å². The van der Waals surface area contributed by atoms with Gasteiger partial charge in [0.2, 0.25) is 0 Å².